The van der Waals surface area contributed by atoms with E-state index in [2.05, 4.69) is 6.92 Å². The van der Waals surface area contributed by atoms with Crippen LogP contribution in [-0.2, 0) is 0 Å². The molecule has 0 saturated carbocycles. The molecule has 4 heteroatoms. The van der Waals surface area contributed by atoms with Gasteiger partial charge in [-0.3, -0.25) is 0 Å². The molecule has 0 saturated heterocycles. The molecule has 132 valence electrons. The third-order valence-corrected chi connectivity index (χ3v) is 4.04. The minimum atomic E-state index is -1.20. The van der Waals surface area contributed by atoms with Crippen LogP contribution in [0.4, 0.5) is 0 Å². The van der Waals surface area contributed by atoms with E-state index in [1.54, 1.807) is 6.08 Å². The molecule has 0 aromatic heterocycles. The van der Waals surface area contributed by atoms with Gasteiger partial charge in [-0.1, -0.05) is 76.9 Å². The van der Waals surface area contributed by atoms with Crippen LogP contribution in [0, 0.1) is 0 Å². The maximum absolute atomic E-state index is 9.63. The third-order valence-electron chi connectivity index (χ3n) is 4.04. The van der Waals surface area contributed by atoms with Crippen molar-refractivity contribution in [2.75, 3.05) is 6.54 Å². The van der Waals surface area contributed by atoms with Crippen LogP contribution in [0.3, 0.4) is 0 Å². The summed E-state index contributed by atoms with van der Waals surface area (Å²) in [6.07, 6.45) is 14.1. The first-order chi connectivity index (χ1) is 10.6. The zero-order valence-electron chi connectivity index (χ0n) is 14.3. The summed E-state index contributed by atoms with van der Waals surface area (Å²) in [5, 5.41) is 28.5. The fraction of sp³-hybridized carbons (Fsp3) is 0.889. The van der Waals surface area contributed by atoms with E-state index in [9.17, 15) is 15.3 Å². The molecule has 3 atom stereocenters. The van der Waals surface area contributed by atoms with E-state index >= 15 is 0 Å². The average molecular weight is 315 g/mol. The molecule has 0 aliphatic carbocycles. The number of rotatable bonds is 15. The van der Waals surface area contributed by atoms with E-state index in [0.29, 0.717) is 0 Å². The Labute approximate surface area is 136 Å². The number of aliphatic hydroxyl groups excluding tert-OH is 3. The van der Waals surface area contributed by atoms with Crippen molar-refractivity contribution in [2.24, 2.45) is 5.73 Å². The Morgan fingerprint density at radius 2 is 1.32 bits per heavy atom. The van der Waals surface area contributed by atoms with Gasteiger partial charge in [0.2, 0.25) is 0 Å². The number of hydrogen-bond donors (Lipinski definition) is 4. The minimum Gasteiger partial charge on any atom is -0.389 e. The van der Waals surface area contributed by atoms with Crippen LogP contribution < -0.4 is 5.73 Å². The van der Waals surface area contributed by atoms with Crippen LogP contribution in [-0.4, -0.2) is 40.2 Å². The lowest BCUT2D eigenvalue weighted by molar-refractivity contribution is -0.0367. The molecule has 0 heterocycles. The summed E-state index contributed by atoms with van der Waals surface area (Å²) in [5.74, 6) is 0. The standard InChI is InChI=1S/C18H37NO3/c1-2-3-4-5-6-7-8-9-10-11-12-13-14-16(20)18(22)17(21)15-19/h13-14,16-18,20-22H,2-12,15,19H2,1H3/b14-13+/t16-,17+,18-/m1/s1. The zero-order valence-corrected chi connectivity index (χ0v) is 14.3. The zero-order chi connectivity index (χ0) is 16.6. The minimum absolute atomic E-state index is 0.0511. The van der Waals surface area contributed by atoms with Gasteiger partial charge in [0, 0.05) is 6.54 Å². The Bertz CT molecular complexity index is 259. The summed E-state index contributed by atoms with van der Waals surface area (Å²) in [5.41, 5.74) is 5.23. The molecule has 0 rings (SSSR count). The molecular weight excluding hydrogens is 278 g/mol. The number of allylic oxidation sites excluding steroid dienone is 1. The van der Waals surface area contributed by atoms with Gasteiger partial charge in [0.15, 0.2) is 0 Å². The Kier molecular flexibility index (Phi) is 15.2. The predicted molar refractivity (Wildman–Crippen MR) is 92.7 cm³/mol. The van der Waals surface area contributed by atoms with E-state index in [-0.39, 0.29) is 6.54 Å². The maximum Gasteiger partial charge on any atom is 0.111 e. The summed E-state index contributed by atoms with van der Waals surface area (Å²) < 4.78 is 0. The fourth-order valence-corrected chi connectivity index (χ4v) is 2.47. The molecule has 0 radical (unpaired) electrons. The molecule has 0 amide bonds. The lowest BCUT2D eigenvalue weighted by atomic mass is 10.0. The average Bonchev–Trinajstić information content (AvgIpc) is 2.54. The molecule has 0 fully saturated rings. The molecule has 22 heavy (non-hydrogen) atoms. The SMILES string of the molecule is CCCCCCCCCCCC/C=C/[C@@H](O)[C@@H](O)[C@@H](O)CN. The first-order valence-electron chi connectivity index (χ1n) is 9.04. The van der Waals surface area contributed by atoms with Crippen molar-refractivity contribution in [2.45, 2.75) is 95.9 Å². The second-order valence-corrected chi connectivity index (χ2v) is 6.18. The Balaban J connectivity index is 3.40. The van der Waals surface area contributed by atoms with Crippen LogP contribution >= 0.6 is 0 Å². The molecule has 5 N–H and O–H groups in total. The monoisotopic (exact) mass is 315 g/mol. The van der Waals surface area contributed by atoms with Crippen molar-refractivity contribution in [1.82, 2.24) is 0 Å². The van der Waals surface area contributed by atoms with Gasteiger partial charge in [-0.05, 0) is 12.8 Å². The van der Waals surface area contributed by atoms with E-state index in [0.717, 1.165) is 12.8 Å². The summed E-state index contributed by atoms with van der Waals surface area (Å²) in [4.78, 5) is 0. The molecule has 4 nitrogen and oxygen atoms in total. The highest BCUT2D eigenvalue weighted by Crippen LogP contribution is 2.11. The number of aliphatic hydroxyl groups is 3. The molecule has 0 spiro atoms. The summed E-state index contributed by atoms with van der Waals surface area (Å²) in [7, 11) is 0. The summed E-state index contributed by atoms with van der Waals surface area (Å²) in [6.45, 7) is 2.19. The van der Waals surface area contributed by atoms with Gasteiger partial charge in [0.25, 0.3) is 0 Å². The number of hydrogen-bond acceptors (Lipinski definition) is 4. The molecule has 0 bridgehead atoms. The van der Waals surface area contributed by atoms with Crippen molar-refractivity contribution in [3.63, 3.8) is 0 Å². The highest BCUT2D eigenvalue weighted by Gasteiger charge is 2.20. The van der Waals surface area contributed by atoms with Crippen LogP contribution in [0.25, 0.3) is 0 Å². The third kappa shape index (κ3) is 12.2. The van der Waals surface area contributed by atoms with E-state index < -0.39 is 18.3 Å². The van der Waals surface area contributed by atoms with Crippen LogP contribution in [0.5, 0.6) is 0 Å². The second-order valence-electron chi connectivity index (χ2n) is 6.18. The lowest BCUT2D eigenvalue weighted by Gasteiger charge is -2.19. The van der Waals surface area contributed by atoms with Gasteiger partial charge < -0.3 is 21.1 Å². The fourth-order valence-electron chi connectivity index (χ4n) is 2.47. The van der Waals surface area contributed by atoms with Gasteiger partial charge in [-0.15, -0.1) is 0 Å². The Hall–Kier alpha value is -0.420. The van der Waals surface area contributed by atoms with Crippen LogP contribution in [0.15, 0.2) is 12.2 Å². The van der Waals surface area contributed by atoms with E-state index in [1.807, 2.05) is 6.08 Å². The van der Waals surface area contributed by atoms with Crippen molar-refractivity contribution in [1.29, 1.82) is 0 Å². The van der Waals surface area contributed by atoms with E-state index in [1.165, 1.54) is 57.8 Å². The smallest absolute Gasteiger partial charge is 0.111 e. The Morgan fingerprint density at radius 1 is 0.818 bits per heavy atom. The Morgan fingerprint density at radius 3 is 1.82 bits per heavy atom. The van der Waals surface area contributed by atoms with Gasteiger partial charge >= 0.3 is 0 Å². The molecule has 0 unspecified atom stereocenters. The number of nitrogens with two attached hydrogens (primary N) is 1. The van der Waals surface area contributed by atoms with Crippen molar-refractivity contribution < 1.29 is 15.3 Å². The molecule has 0 aromatic rings. The largest absolute Gasteiger partial charge is 0.389 e. The van der Waals surface area contributed by atoms with Crippen molar-refractivity contribution in [3.05, 3.63) is 12.2 Å². The van der Waals surface area contributed by atoms with Gasteiger partial charge in [-0.2, -0.15) is 0 Å². The predicted octanol–water partition coefficient (Wildman–Crippen LogP) is 2.89. The second kappa shape index (κ2) is 15.5. The summed E-state index contributed by atoms with van der Waals surface area (Å²) >= 11 is 0. The topological polar surface area (TPSA) is 86.7 Å². The molecular formula is C18H37NO3. The first-order valence-corrected chi connectivity index (χ1v) is 9.04. The quantitative estimate of drug-likeness (QED) is 0.276. The normalized spacial score (nSPS) is 16.0. The van der Waals surface area contributed by atoms with Crippen molar-refractivity contribution >= 4 is 0 Å². The maximum atomic E-state index is 9.63. The first kappa shape index (κ1) is 21.6. The summed E-state index contributed by atoms with van der Waals surface area (Å²) in [6, 6.07) is 0. The molecule has 0 aliphatic heterocycles. The van der Waals surface area contributed by atoms with E-state index in [4.69, 9.17) is 5.73 Å². The molecule has 0 aliphatic rings. The lowest BCUT2D eigenvalue weighted by Crippen LogP contribution is -2.40. The number of unbranched alkanes of at least 4 members (excludes halogenated alkanes) is 10. The van der Waals surface area contributed by atoms with Gasteiger partial charge in [0.05, 0.1) is 6.10 Å². The highest BCUT2D eigenvalue weighted by atomic mass is 16.4. The van der Waals surface area contributed by atoms with Gasteiger partial charge in [-0.25, -0.2) is 0 Å². The van der Waals surface area contributed by atoms with Crippen molar-refractivity contribution in [3.8, 4) is 0 Å². The van der Waals surface area contributed by atoms with Crippen LogP contribution in [0.2, 0.25) is 0 Å². The van der Waals surface area contributed by atoms with Crippen LogP contribution in [0.1, 0.15) is 77.6 Å². The molecule has 0 aromatic carbocycles. The highest BCUT2D eigenvalue weighted by molar-refractivity contribution is 4.94. The van der Waals surface area contributed by atoms with Gasteiger partial charge in [0.1, 0.15) is 12.2 Å².